The van der Waals surface area contributed by atoms with Crippen molar-refractivity contribution in [3.8, 4) is 5.75 Å². The number of carbonyl (C=O) groups is 1. The van der Waals surface area contributed by atoms with Gasteiger partial charge in [-0.3, -0.25) is 4.79 Å². The summed E-state index contributed by atoms with van der Waals surface area (Å²) in [5, 5.41) is 5.61. The highest BCUT2D eigenvalue weighted by molar-refractivity contribution is 7.09. The highest BCUT2D eigenvalue weighted by Gasteiger charge is 2.11. The fourth-order valence-corrected chi connectivity index (χ4v) is 2.31. The average Bonchev–Trinajstić information content (AvgIpc) is 2.82. The number of rotatable bonds is 4. The molecule has 1 amide bonds. The van der Waals surface area contributed by atoms with Crippen molar-refractivity contribution in [3.05, 3.63) is 39.8 Å². The SMILES string of the molecule is COc1ccc(N)c(C(=O)NCc2nc(C)cs2)c1. The number of hydrogen-bond donors (Lipinski definition) is 2. The Labute approximate surface area is 115 Å². The molecule has 0 aliphatic heterocycles. The van der Waals surface area contributed by atoms with Crippen molar-refractivity contribution in [1.82, 2.24) is 10.3 Å². The molecule has 2 rings (SSSR count). The number of aromatic nitrogens is 1. The number of nitrogens with zero attached hydrogens (tertiary/aromatic N) is 1. The van der Waals surface area contributed by atoms with Crippen LogP contribution in [0.3, 0.4) is 0 Å². The number of nitrogen functional groups attached to an aromatic ring is 1. The normalized spacial score (nSPS) is 10.2. The van der Waals surface area contributed by atoms with Gasteiger partial charge in [0.25, 0.3) is 5.91 Å². The van der Waals surface area contributed by atoms with Gasteiger partial charge in [-0.2, -0.15) is 0 Å². The van der Waals surface area contributed by atoms with Crippen LogP contribution in [0.5, 0.6) is 5.75 Å². The van der Waals surface area contributed by atoms with Crippen molar-refractivity contribution in [2.24, 2.45) is 0 Å². The molecule has 0 spiro atoms. The third-order valence-corrected chi connectivity index (χ3v) is 3.54. The predicted octanol–water partition coefficient (Wildman–Crippen LogP) is 1.97. The van der Waals surface area contributed by atoms with E-state index in [0.717, 1.165) is 10.7 Å². The van der Waals surface area contributed by atoms with Gasteiger partial charge in [0.15, 0.2) is 0 Å². The van der Waals surface area contributed by atoms with Crippen LogP contribution < -0.4 is 15.8 Å². The molecule has 0 saturated heterocycles. The van der Waals surface area contributed by atoms with Crippen molar-refractivity contribution in [2.75, 3.05) is 12.8 Å². The summed E-state index contributed by atoms with van der Waals surface area (Å²) in [6.45, 7) is 2.32. The summed E-state index contributed by atoms with van der Waals surface area (Å²) in [4.78, 5) is 16.3. The summed E-state index contributed by atoms with van der Waals surface area (Å²) in [6.07, 6.45) is 0. The Hall–Kier alpha value is -2.08. The monoisotopic (exact) mass is 277 g/mol. The first-order valence-electron chi connectivity index (χ1n) is 5.73. The molecule has 0 radical (unpaired) electrons. The van der Waals surface area contributed by atoms with Crippen molar-refractivity contribution in [2.45, 2.75) is 13.5 Å². The summed E-state index contributed by atoms with van der Waals surface area (Å²) in [6, 6.07) is 5.00. The van der Waals surface area contributed by atoms with E-state index >= 15 is 0 Å². The van der Waals surface area contributed by atoms with Gasteiger partial charge in [0, 0.05) is 16.8 Å². The predicted molar refractivity (Wildman–Crippen MR) is 75.4 cm³/mol. The molecular formula is C13H15N3O2S. The topological polar surface area (TPSA) is 77.2 Å². The summed E-state index contributed by atoms with van der Waals surface area (Å²) >= 11 is 1.52. The average molecular weight is 277 g/mol. The second kappa shape index (κ2) is 5.71. The lowest BCUT2D eigenvalue weighted by Gasteiger charge is -2.08. The molecule has 6 heteroatoms. The molecule has 0 bridgehead atoms. The zero-order valence-corrected chi connectivity index (χ0v) is 11.6. The number of carbonyl (C=O) groups excluding carboxylic acids is 1. The van der Waals surface area contributed by atoms with Gasteiger partial charge in [0.1, 0.15) is 10.8 Å². The largest absolute Gasteiger partial charge is 0.497 e. The maximum atomic E-state index is 12.0. The van der Waals surface area contributed by atoms with Crippen molar-refractivity contribution < 1.29 is 9.53 Å². The third kappa shape index (κ3) is 3.23. The van der Waals surface area contributed by atoms with Gasteiger partial charge in [0.05, 0.1) is 19.2 Å². The summed E-state index contributed by atoms with van der Waals surface area (Å²) < 4.78 is 5.08. The quantitative estimate of drug-likeness (QED) is 0.838. The van der Waals surface area contributed by atoms with Crippen molar-refractivity contribution in [1.29, 1.82) is 0 Å². The maximum Gasteiger partial charge on any atom is 0.253 e. The Morgan fingerprint density at radius 1 is 1.53 bits per heavy atom. The lowest BCUT2D eigenvalue weighted by atomic mass is 10.1. The molecule has 1 aromatic carbocycles. The van der Waals surface area contributed by atoms with Crippen LogP contribution in [0.4, 0.5) is 5.69 Å². The molecule has 100 valence electrons. The molecule has 3 N–H and O–H groups in total. The second-order valence-electron chi connectivity index (χ2n) is 4.02. The Balaban J connectivity index is 2.07. The number of benzene rings is 1. The minimum Gasteiger partial charge on any atom is -0.497 e. The molecule has 0 aliphatic rings. The van der Waals surface area contributed by atoms with E-state index in [1.165, 1.54) is 11.3 Å². The molecule has 2 aromatic rings. The minimum atomic E-state index is -0.232. The summed E-state index contributed by atoms with van der Waals surface area (Å²) in [5.74, 6) is 0.369. The third-order valence-electron chi connectivity index (χ3n) is 2.57. The fourth-order valence-electron chi connectivity index (χ4n) is 1.59. The van der Waals surface area contributed by atoms with Gasteiger partial charge in [-0.15, -0.1) is 11.3 Å². The molecular weight excluding hydrogens is 262 g/mol. The van der Waals surface area contributed by atoms with Crippen molar-refractivity contribution >= 4 is 22.9 Å². The van der Waals surface area contributed by atoms with E-state index in [0.29, 0.717) is 23.5 Å². The van der Waals surface area contributed by atoms with Crippen molar-refractivity contribution in [3.63, 3.8) is 0 Å². The first-order valence-corrected chi connectivity index (χ1v) is 6.61. The molecule has 1 heterocycles. The number of anilines is 1. The zero-order valence-electron chi connectivity index (χ0n) is 10.8. The van der Waals surface area contributed by atoms with E-state index in [2.05, 4.69) is 10.3 Å². The molecule has 0 atom stereocenters. The van der Waals surface area contributed by atoms with E-state index in [9.17, 15) is 4.79 Å². The molecule has 0 saturated carbocycles. The molecule has 0 fully saturated rings. The van der Waals surface area contributed by atoms with Gasteiger partial charge < -0.3 is 15.8 Å². The van der Waals surface area contributed by atoms with Crippen LogP contribution in [0.1, 0.15) is 21.1 Å². The van der Waals surface area contributed by atoms with Crippen LogP contribution in [-0.2, 0) is 6.54 Å². The highest BCUT2D eigenvalue weighted by Crippen LogP contribution is 2.19. The summed E-state index contributed by atoms with van der Waals surface area (Å²) in [5.41, 5.74) is 7.58. The number of methoxy groups -OCH3 is 1. The van der Waals surface area contributed by atoms with E-state index in [1.807, 2.05) is 12.3 Å². The standard InChI is InChI=1S/C13H15N3O2S/c1-8-7-19-12(16-8)6-15-13(17)10-5-9(18-2)3-4-11(10)14/h3-5,7H,6,14H2,1-2H3,(H,15,17). The lowest BCUT2D eigenvalue weighted by Crippen LogP contribution is -2.23. The molecule has 19 heavy (non-hydrogen) atoms. The van der Waals surface area contributed by atoms with Gasteiger partial charge in [0.2, 0.25) is 0 Å². The van der Waals surface area contributed by atoms with Crippen LogP contribution >= 0.6 is 11.3 Å². The minimum absolute atomic E-state index is 0.232. The van der Waals surface area contributed by atoms with Gasteiger partial charge in [-0.05, 0) is 25.1 Å². The zero-order chi connectivity index (χ0) is 13.8. The number of ether oxygens (including phenoxy) is 1. The first kappa shape index (κ1) is 13.4. The van der Waals surface area contributed by atoms with Crippen LogP contribution in [0.2, 0.25) is 0 Å². The molecule has 1 aromatic heterocycles. The summed E-state index contributed by atoms with van der Waals surface area (Å²) in [7, 11) is 1.55. The maximum absolute atomic E-state index is 12.0. The molecule has 0 unspecified atom stereocenters. The van der Waals surface area contributed by atoms with Crippen LogP contribution in [-0.4, -0.2) is 18.0 Å². The molecule has 0 aliphatic carbocycles. The molecule has 5 nitrogen and oxygen atoms in total. The smallest absolute Gasteiger partial charge is 0.253 e. The van der Waals surface area contributed by atoms with Crippen LogP contribution in [0, 0.1) is 6.92 Å². The van der Waals surface area contributed by atoms with E-state index < -0.39 is 0 Å². The van der Waals surface area contributed by atoms with E-state index in [4.69, 9.17) is 10.5 Å². The van der Waals surface area contributed by atoms with E-state index in [-0.39, 0.29) is 5.91 Å². The van der Waals surface area contributed by atoms with Gasteiger partial charge in [-0.1, -0.05) is 0 Å². The van der Waals surface area contributed by atoms with Crippen LogP contribution in [0.25, 0.3) is 0 Å². The Bertz CT molecular complexity index is 595. The highest BCUT2D eigenvalue weighted by atomic mass is 32.1. The Morgan fingerprint density at radius 2 is 2.32 bits per heavy atom. The fraction of sp³-hybridized carbons (Fsp3) is 0.231. The second-order valence-corrected chi connectivity index (χ2v) is 4.96. The number of thiazole rings is 1. The lowest BCUT2D eigenvalue weighted by molar-refractivity contribution is 0.0951. The number of amides is 1. The van der Waals surface area contributed by atoms with Gasteiger partial charge >= 0.3 is 0 Å². The Kier molecular flexibility index (Phi) is 4.01. The number of nitrogens with two attached hydrogens (primary N) is 1. The Morgan fingerprint density at radius 3 is 2.95 bits per heavy atom. The van der Waals surface area contributed by atoms with E-state index in [1.54, 1.807) is 25.3 Å². The van der Waals surface area contributed by atoms with Crippen LogP contribution in [0.15, 0.2) is 23.6 Å². The number of aryl methyl sites for hydroxylation is 1. The first-order chi connectivity index (χ1) is 9.10. The van der Waals surface area contributed by atoms with Gasteiger partial charge in [-0.25, -0.2) is 4.98 Å². The number of hydrogen-bond acceptors (Lipinski definition) is 5. The number of nitrogens with one attached hydrogen (secondary N) is 1.